The molecule has 0 saturated carbocycles. The summed E-state index contributed by atoms with van der Waals surface area (Å²) < 4.78 is 16.3. The monoisotopic (exact) mass is 377 g/mol. The summed E-state index contributed by atoms with van der Waals surface area (Å²) in [4.78, 5) is 16.7. The second kappa shape index (κ2) is 7.87. The average molecular weight is 377 g/mol. The zero-order valence-electron chi connectivity index (χ0n) is 15.3. The van der Waals surface area contributed by atoms with Gasteiger partial charge in [-0.15, -0.1) is 0 Å². The van der Waals surface area contributed by atoms with E-state index in [1.807, 2.05) is 30.3 Å². The summed E-state index contributed by atoms with van der Waals surface area (Å²) in [5.74, 6) is 1.83. The zero-order chi connectivity index (χ0) is 19.3. The Kier molecular flexibility index (Phi) is 4.97. The molecule has 1 aliphatic rings. The molecule has 1 amide bonds. The quantitative estimate of drug-likeness (QED) is 0.703. The number of aromatic nitrogens is 1. The van der Waals surface area contributed by atoms with Gasteiger partial charge in [0.05, 0.1) is 24.6 Å². The number of nitrogens with one attached hydrogen (secondary N) is 2. The number of amides is 1. The van der Waals surface area contributed by atoms with Crippen LogP contribution in [-0.2, 0) is 0 Å². The Bertz CT molecular complexity index is 1010. The first-order chi connectivity index (χ1) is 13.7. The van der Waals surface area contributed by atoms with E-state index in [9.17, 15) is 4.79 Å². The van der Waals surface area contributed by atoms with Gasteiger partial charge in [-0.05, 0) is 30.3 Å². The molecular formula is C21H19N3O4. The number of pyridine rings is 1. The van der Waals surface area contributed by atoms with Crippen LogP contribution in [0.5, 0.6) is 17.2 Å². The average Bonchev–Trinajstić information content (AvgIpc) is 2.74. The Morgan fingerprint density at radius 2 is 1.82 bits per heavy atom. The molecule has 0 unspecified atom stereocenters. The molecule has 0 atom stereocenters. The van der Waals surface area contributed by atoms with E-state index in [-0.39, 0.29) is 5.91 Å². The molecule has 7 heteroatoms. The Labute approximate surface area is 162 Å². The summed E-state index contributed by atoms with van der Waals surface area (Å²) in [6.45, 7) is 1.08. The van der Waals surface area contributed by atoms with Crippen molar-refractivity contribution in [1.29, 1.82) is 0 Å². The van der Waals surface area contributed by atoms with Crippen molar-refractivity contribution in [3.05, 3.63) is 66.5 Å². The molecular weight excluding hydrogens is 358 g/mol. The molecule has 142 valence electrons. The molecule has 0 bridgehead atoms. The highest BCUT2D eigenvalue weighted by molar-refractivity contribution is 6.04. The van der Waals surface area contributed by atoms with Crippen molar-refractivity contribution >= 4 is 23.0 Å². The molecule has 4 rings (SSSR count). The highest BCUT2D eigenvalue weighted by Gasteiger charge is 2.13. The smallest absolute Gasteiger partial charge is 0.257 e. The SMILES string of the molecule is COc1cccc(NC(=O)c2cncc(Nc3ccc4c(c3)OCCO4)c2)c1. The lowest BCUT2D eigenvalue weighted by Crippen LogP contribution is -2.15. The number of methoxy groups -OCH3 is 1. The molecule has 2 N–H and O–H groups in total. The fourth-order valence-electron chi connectivity index (χ4n) is 2.82. The van der Waals surface area contributed by atoms with Crippen molar-refractivity contribution in [2.75, 3.05) is 31.0 Å². The van der Waals surface area contributed by atoms with Gasteiger partial charge in [0, 0.05) is 29.7 Å². The lowest BCUT2D eigenvalue weighted by molar-refractivity contribution is 0.102. The maximum absolute atomic E-state index is 12.6. The Morgan fingerprint density at radius 3 is 2.68 bits per heavy atom. The molecule has 1 aromatic heterocycles. The summed E-state index contributed by atoms with van der Waals surface area (Å²) in [5.41, 5.74) is 2.59. The van der Waals surface area contributed by atoms with E-state index < -0.39 is 0 Å². The molecule has 0 aliphatic carbocycles. The molecule has 0 radical (unpaired) electrons. The maximum atomic E-state index is 12.6. The van der Waals surface area contributed by atoms with Gasteiger partial charge >= 0.3 is 0 Å². The minimum atomic E-state index is -0.258. The van der Waals surface area contributed by atoms with Gasteiger partial charge < -0.3 is 24.8 Å². The first kappa shape index (κ1) is 17.7. The van der Waals surface area contributed by atoms with E-state index in [1.54, 1.807) is 31.5 Å². The normalized spacial score (nSPS) is 12.2. The van der Waals surface area contributed by atoms with Gasteiger partial charge in [-0.25, -0.2) is 0 Å². The van der Waals surface area contributed by atoms with E-state index in [4.69, 9.17) is 14.2 Å². The van der Waals surface area contributed by atoms with Crippen LogP contribution in [-0.4, -0.2) is 31.2 Å². The van der Waals surface area contributed by atoms with Crippen molar-refractivity contribution in [2.45, 2.75) is 0 Å². The predicted octanol–water partition coefficient (Wildman–Crippen LogP) is 3.86. The van der Waals surface area contributed by atoms with E-state index >= 15 is 0 Å². The van der Waals surface area contributed by atoms with E-state index in [2.05, 4.69) is 15.6 Å². The summed E-state index contributed by atoms with van der Waals surface area (Å²) in [6.07, 6.45) is 3.17. The summed E-state index contributed by atoms with van der Waals surface area (Å²) in [7, 11) is 1.58. The van der Waals surface area contributed by atoms with Gasteiger partial charge in [0.25, 0.3) is 5.91 Å². The predicted molar refractivity (Wildman–Crippen MR) is 106 cm³/mol. The number of hydrogen-bond acceptors (Lipinski definition) is 6. The maximum Gasteiger partial charge on any atom is 0.257 e. The molecule has 0 saturated heterocycles. The molecule has 2 heterocycles. The number of hydrogen-bond donors (Lipinski definition) is 2. The Hall–Kier alpha value is -3.74. The van der Waals surface area contributed by atoms with Crippen molar-refractivity contribution in [3.63, 3.8) is 0 Å². The number of rotatable bonds is 5. The lowest BCUT2D eigenvalue weighted by atomic mass is 10.2. The highest BCUT2D eigenvalue weighted by atomic mass is 16.6. The first-order valence-electron chi connectivity index (χ1n) is 8.78. The summed E-state index contributed by atoms with van der Waals surface area (Å²) >= 11 is 0. The number of anilines is 3. The number of fused-ring (bicyclic) bond motifs is 1. The third-order valence-corrected chi connectivity index (χ3v) is 4.16. The van der Waals surface area contributed by atoms with Crippen LogP contribution in [0.25, 0.3) is 0 Å². The van der Waals surface area contributed by atoms with Gasteiger partial charge in [-0.3, -0.25) is 9.78 Å². The van der Waals surface area contributed by atoms with Crippen LogP contribution in [0, 0.1) is 0 Å². The Morgan fingerprint density at radius 1 is 0.964 bits per heavy atom. The third-order valence-electron chi connectivity index (χ3n) is 4.16. The largest absolute Gasteiger partial charge is 0.497 e. The van der Waals surface area contributed by atoms with Gasteiger partial charge in [0.1, 0.15) is 19.0 Å². The lowest BCUT2D eigenvalue weighted by Gasteiger charge is -2.19. The van der Waals surface area contributed by atoms with E-state index in [1.165, 1.54) is 6.20 Å². The third kappa shape index (κ3) is 3.98. The molecule has 1 aliphatic heterocycles. The van der Waals surface area contributed by atoms with Crippen LogP contribution >= 0.6 is 0 Å². The molecule has 7 nitrogen and oxygen atoms in total. The van der Waals surface area contributed by atoms with Crippen LogP contribution in [0.15, 0.2) is 60.9 Å². The first-order valence-corrected chi connectivity index (χ1v) is 8.78. The van der Waals surface area contributed by atoms with Gasteiger partial charge in [-0.1, -0.05) is 6.07 Å². The molecule has 28 heavy (non-hydrogen) atoms. The second-order valence-electron chi connectivity index (χ2n) is 6.13. The minimum absolute atomic E-state index is 0.258. The number of ether oxygens (including phenoxy) is 3. The fourth-order valence-corrected chi connectivity index (χ4v) is 2.82. The van der Waals surface area contributed by atoms with Crippen molar-refractivity contribution in [1.82, 2.24) is 4.98 Å². The molecule has 3 aromatic rings. The standard InChI is InChI=1S/C21H19N3O4/c1-26-18-4-2-3-15(10-18)24-21(25)14-9-17(13-22-12-14)23-16-5-6-19-20(11-16)28-8-7-27-19/h2-6,9-13,23H,7-8H2,1H3,(H,24,25). The molecule has 0 spiro atoms. The number of carbonyl (C=O) groups is 1. The van der Waals surface area contributed by atoms with Crippen LogP contribution < -0.4 is 24.8 Å². The Balaban J connectivity index is 1.48. The summed E-state index contributed by atoms with van der Waals surface area (Å²) in [6, 6.07) is 14.5. The van der Waals surface area contributed by atoms with Crippen LogP contribution in [0.4, 0.5) is 17.1 Å². The van der Waals surface area contributed by atoms with Crippen LogP contribution in [0.3, 0.4) is 0 Å². The van der Waals surface area contributed by atoms with E-state index in [0.29, 0.717) is 41.7 Å². The molecule has 0 fully saturated rings. The highest BCUT2D eigenvalue weighted by Crippen LogP contribution is 2.33. The van der Waals surface area contributed by atoms with Gasteiger partial charge in [0.2, 0.25) is 0 Å². The summed E-state index contributed by atoms with van der Waals surface area (Å²) in [5, 5.41) is 6.08. The van der Waals surface area contributed by atoms with Crippen molar-refractivity contribution in [2.24, 2.45) is 0 Å². The van der Waals surface area contributed by atoms with Gasteiger partial charge in [0.15, 0.2) is 11.5 Å². The van der Waals surface area contributed by atoms with Gasteiger partial charge in [-0.2, -0.15) is 0 Å². The topological polar surface area (TPSA) is 81.7 Å². The van der Waals surface area contributed by atoms with Crippen LogP contribution in [0.1, 0.15) is 10.4 Å². The fraction of sp³-hybridized carbons (Fsp3) is 0.143. The zero-order valence-corrected chi connectivity index (χ0v) is 15.3. The van der Waals surface area contributed by atoms with Crippen molar-refractivity contribution in [3.8, 4) is 17.2 Å². The number of benzene rings is 2. The molecule has 2 aromatic carbocycles. The number of carbonyl (C=O) groups excluding carboxylic acids is 1. The van der Waals surface area contributed by atoms with Crippen molar-refractivity contribution < 1.29 is 19.0 Å². The van der Waals surface area contributed by atoms with E-state index in [0.717, 1.165) is 11.4 Å². The second-order valence-corrected chi connectivity index (χ2v) is 6.13. The van der Waals surface area contributed by atoms with Crippen LogP contribution in [0.2, 0.25) is 0 Å². The number of nitrogens with zero attached hydrogens (tertiary/aromatic N) is 1. The minimum Gasteiger partial charge on any atom is -0.497 e.